The molecule has 3 aromatic heterocycles. The first kappa shape index (κ1) is 14.6. The molecule has 4 heterocycles. The molecule has 1 N–H and O–H groups in total. The first-order valence-corrected chi connectivity index (χ1v) is 8.07. The molecular weight excluding hydrogens is 308 g/mol. The Morgan fingerprint density at radius 2 is 1.83 bits per heavy atom. The fourth-order valence-electron chi connectivity index (χ4n) is 2.96. The number of hydrogen-bond acceptors (Lipinski definition) is 6. The van der Waals surface area contributed by atoms with Gasteiger partial charge in [0.05, 0.1) is 18.6 Å². The van der Waals surface area contributed by atoms with Crippen LogP contribution >= 0.6 is 0 Å². The predicted molar refractivity (Wildman–Crippen MR) is 87.6 cm³/mol. The molecule has 0 amide bonds. The van der Waals surface area contributed by atoms with Crippen LogP contribution in [0.4, 0.5) is 5.82 Å². The minimum Gasteiger partial charge on any atom is -0.356 e. The van der Waals surface area contributed by atoms with Gasteiger partial charge in [-0.15, -0.1) is 5.10 Å². The van der Waals surface area contributed by atoms with Crippen molar-refractivity contribution in [2.75, 3.05) is 18.0 Å². The highest BCUT2D eigenvalue weighted by Crippen LogP contribution is 2.18. The number of nitrogens with zero attached hydrogens (tertiary/aromatic N) is 7. The maximum Gasteiger partial charge on any atom is 0.298 e. The first-order valence-electron chi connectivity index (χ1n) is 8.07. The Morgan fingerprint density at radius 3 is 2.58 bits per heavy atom. The number of rotatable bonds is 3. The summed E-state index contributed by atoms with van der Waals surface area (Å²) in [6, 6.07) is 1.84. The van der Waals surface area contributed by atoms with Crippen molar-refractivity contribution in [1.82, 2.24) is 34.7 Å². The zero-order valence-electron chi connectivity index (χ0n) is 13.2. The molecule has 0 aliphatic carbocycles. The summed E-state index contributed by atoms with van der Waals surface area (Å²) in [4.78, 5) is 23.4. The predicted octanol–water partition coefficient (Wildman–Crippen LogP) is 0.917. The van der Waals surface area contributed by atoms with Crippen molar-refractivity contribution in [2.24, 2.45) is 0 Å². The fraction of sp³-hybridized carbons (Fsp3) is 0.400. The van der Waals surface area contributed by atoms with Gasteiger partial charge in [0.25, 0.3) is 5.56 Å². The van der Waals surface area contributed by atoms with Crippen LogP contribution in [0, 0.1) is 0 Å². The zero-order chi connectivity index (χ0) is 16.4. The van der Waals surface area contributed by atoms with Gasteiger partial charge in [-0.05, 0) is 12.8 Å². The summed E-state index contributed by atoms with van der Waals surface area (Å²) in [5.74, 6) is 1.37. The van der Waals surface area contributed by atoms with Crippen LogP contribution in [0.2, 0.25) is 0 Å². The highest BCUT2D eigenvalue weighted by Gasteiger charge is 2.15. The molecular formula is C15H18N8O. The van der Waals surface area contributed by atoms with E-state index >= 15 is 0 Å². The van der Waals surface area contributed by atoms with Gasteiger partial charge in [-0.3, -0.25) is 9.89 Å². The van der Waals surface area contributed by atoms with E-state index in [1.807, 2.05) is 6.07 Å². The molecule has 124 valence electrons. The minimum atomic E-state index is -0.235. The minimum absolute atomic E-state index is 0.235. The van der Waals surface area contributed by atoms with Gasteiger partial charge in [-0.2, -0.15) is 4.68 Å². The molecule has 0 radical (unpaired) electrons. The third-order valence-corrected chi connectivity index (χ3v) is 4.22. The van der Waals surface area contributed by atoms with E-state index in [-0.39, 0.29) is 5.56 Å². The molecule has 0 saturated carbocycles. The van der Waals surface area contributed by atoms with Crippen LogP contribution in [-0.2, 0) is 0 Å². The van der Waals surface area contributed by atoms with Crippen LogP contribution < -0.4 is 10.5 Å². The third-order valence-electron chi connectivity index (χ3n) is 4.22. The van der Waals surface area contributed by atoms with Crippen LogP contribution in [0.3, 0.4) is 0 Å². The maximum absolute atomic E-state index is 12.6. The molecule has 0 aromatic carbocycles. The Balaban J connectivity index is 1.68. The molecule has 24 heavy (non-hydrogen) atoms. The molecule has 1 aliphatic heterocycles. The Kier molecular flexibility index (Phi) is 3.81. The second-order valence-electron chi connectivity index (χ2n) is 5.78. The van der Waals surface area contributed by atoms with E-state index in [0.717, 1.165) is 31.7 Å². The summed E-state index contributed by atoms with van der Waals surface area (Å²) in [7, 11) is 0. The van der Waals surface area contributed by atoms with Crippen molar-refractivity contribution in [1.29, 1.82) is 0 Å². The number of hydrogen-bond donors (Lipinski definition) is 1. The van der Waals surface area contributed by atoms with Crippen LogP contribution in [0.15, 0.2) is 35.8 Å². The third kappa shape index (κ3) is 2.68. The average molecular weight is 326 g/mol. The molecule has 3 aromatic rings. The lowest BCUT2D eigenvalue weighted by Crippen LogP contribution is -2.26. The summed E-state index contributed by atoms with van der Waals surface area (Å²) in [5, 5.41) is 10.5. The van der Waals surface area contributed by atoms with E-state index in [0.29, 0.717) is 11.5 Å². The lowest BCUT2D eigenvalue weighted by molar-refractivity contribution is 0.726. The molecule has 9 nitrogen and oxygen atoms in total. The largest absolute Gasteiger partial charge is 0.356 e. The number of nitrogens with one attached hydrogen (secondary N) is 1. The first-order chi connectivity index (χ1) is 11.8. The van der Waals surface area contributed by atoms with Gasteiger partial charge in [0.2, 0.25) is 0 Å². The molecule has 0 bridgehead atoms. The van der Waals surface area contributed by atoms with Crippen molar-refractivity contribution in [3.8, 4) is 11.5 Å². The SMILES string of the molecule is O=c1c(-n2ccnn2)c[nH]n1-c1cc(N2CCCCCC2)ncn1. The standard InChI is InChI=1S/C15H18N8O/c24-15-12(22-8-5-18-20-22)10-19-23(15)14-9-13(16-11-17-14)21-6-3-1-2-4-7-21/h5,8-11,19H,1-4,6-7H2. The van der Waals surface area contributed by atoms with Gasteiger partial charge in [0, 0.05) is 19.2 Å². The van der Waals surface area contributed by atoms with Gasteiger partial charge in [-0.25, -0.2) is 14.6 Å². The van der Waals surface area contributed by atoms with E-state index < -0.39 is 0 Å². The Bertz CT molecular complexity index is 858. The summed E-state index contributed by atoms with van der Waals surface area (Å²) >= 11 is 0. The van der Waals surface area contributed by atoms with Crippen LogP contribution in [0.5, 0.6) is 0 Å². The summed E-state index contributed by atoms with van der Waals surface area (Å²) in [5.41, 5.74) is 0.156. The van der Waals surface area contributed by atoms with Crippen LogP contribution in [-0.4, -0.2) is 47.8 Å². The molecule has 1 aliphatic rings. The van der Waals surface area contributed by atoms with Gasteiger partial charge >= 0.3 is 0 Å². The van der Waals surface area contributed by atoms with E-state index in [1.54, 1.807) is 12.4 Å². The normalized spacial score (nSPS) is 15.4. The van der Waals surface area contributed by atoms with E-state index in [4.69, 9.17) is 0 Å². The molecule has 9 heteroatoms. The average Bonchev–Trinajstić information content (AvgIpc) is 3.17. The van der Waals surface area contributed by atoms with Gasteiger partial charge in [0.1, 0.15) is 12.1 Å². The number of H-pyrrole nitrogens is 1. The van der Waals surface area contributed by atoms with E-state index in [1.165, 1.54) is 34.7 Å². The number of aromatic amines is 1. The Morgan fingerprint density at radius 1 is 1.04 bits per heavy atom. The molecule has 1 saturated heterocycles. The highest BCUT2D eigenvalue weighted by atomic mass is 16.1. The lowest BCUT2D eigenvalue weighted by Gasteiger charge is -2.21. The lowest BCUT2D eigenvalue weighted by atomic mass is 10.2. The van der Waals surface area contributed by atoms with Crippen molar-refractivity contribution in [3.63, 3.8) is 0 Å². The fourth-order valence-corrected chi connectivity index (χ4v) is 2.96. The Labute approximate surface area is 137 Å². The quantitative estimate of drug-likeness (QED) is 0.768. The second kappa shape index (κ2) is 6.26. The van der Waals surface area contributed by atoms with Gasteiger partial charge < -0.3 is 4.90 Å². The molecule has 0 atom stereocenters. The van der Waals surface area contributed by atoms with Crippen molar-refractivity contribution in [2.45, 2.75) is 25.7 Å². The van der Waals surface area contributed by atoms with Gasteiger partial charge in [-0.1, -0.05) is 18.1 Å². The molecule has 0 unspecified atom stereocenters. The molecule has 1 fully saturated rings. The maximum atomic E-state index is 12.6. The Hall–Kier alpha value is -2.97. The van der Waals surface area contributed by atoms with E-state index in [9.17, 15) is 4.79 Å². The molecule has 4 rings (SSSR count). The summed E-state index contributed by atoms with van der Waals surface area (Å²) < 4.78 is 2.81. The summed E-state index contributed by atoms with van der Waals surface area (Å²) in [6.07, 6.45) is 11.1. The topological polar surface area (TPSA) is 97.5 Å². The van der Waals surface area contributed by atoms with Crippen molar-refractivity contribution >= 4 is 5.82 Å². The molecule has 0 spiro atoms. The zero-order valence-corrected chi connectivity index (χ0v) is 13.2. The van der Waals surface area contributed by atoms with E-state index in [2.05, 4.69) is 30.3 Å². The smallest absolute Gasteiger partial charge is 0.298 e. The number of anilines is 1. The second-order valence-corrected chi connectivity index (χ2v) is 5.78. The van der Waals surface area contributed by atoms with Gasteiger partial charge in [0.15, 0.2) is 11.5 Å². The summed E-state index contributed by atoms with van der Waals surface area (Å²) in [6.45, 7) is 1.97. The monoisotopic (exact) mass is 326 g/mol. The van der Waals surface area contributed by atoms with Crippen LogP contribution in [0.25, 0.3) is 11.5 Å². The van der Waals surface area contributed by atoms with Crippen LogP contribution in [0.1, 0.15) is 25.7 Å². The van der Waals surface area contributed by atoms with Crippen molar-refractivity contribution in [3.05, 3.63) is 41.3 Å². The van der Waals surface area contributed by atoms with Crippen molar-refractivity contribution < 1.29 is 0 Å². The number of aromatic nitrogens is 7. The highest BCUT2D eigenvalue weighted by molar-refractivity contribution is 5.44.